The number of carbonyl (C=O) groups excluding carboxylic acids is 1. The third-order valence-electron chi connectivity index (χ3n) is 5.47. The highest BCUT2D eigenvalue weighted by Crippen LogP contribution is 2.23. The van der Waals surface area contributed by atoms with Gasteiger partial charge in [0.05, 0.1) is 13.2 Å². The Balaban J connectivity index is 1.28. The molecule has 1 aromatic heterocycles. The molecular weight excluding hydrogens is 412 g/mol. The van der Waals surface area contributed by atoms with Crippen molar-refractivity contribution in [2.45, 2.75) is 6.54 Å². The molecule has 1 N–H and O–H groups in total. The topological polar surface area (TPSA) is 101 Å². The normalized spacial score (nSPS) is 13.7. The molecular formula is C23H24N4O5. The molecule has 1 saturated heterocycles. The van der Waals surface area contributed by atoms with Crippen molar-refractivity contribution in [3.63, 3.8) is 0 Å². The zero-order chi connectivity index (χ0) is 22.5. The molecule has 1 aliphatic heterocycles. The van der Waals surface area contributed by atoms with E-state index < -0.39 is 16.7 Å². The summed E-state index contributed by atoms with van der Waals surface area (Å²) in [6, 6.07) is 18.6. The zero-order valence-corrected chi connectivity index (χ0v) is 17.7. The van der Waals surface area contributed by atoms with E-state index in [9.17, 15) is 14.9 Å². The lowest BCUT2D eigenvalue weighted by molar-refractivity contribution is -0.402. The first kappa shape index (κ1) is 21.2. The van der Waals surface area contributed by atoms with Crippen LogP contribution in [0.4, 0.5) is 17.3 Å². The van der Waals surface area contributed by atoms with Gasteiger partial charge in [0.15, 0.2) is 5.76 Å². The van der Waals surface area contributed by atoms with Crippen molar-refractivity contribution in [2.75, 3.05) is 43.1 Å². The molecule has 0 spiro atoms. The van der Waals surface area contributed by atoms with Gasteiger partial charge in [0.25, 0.3) is 5.91 Å². The average Bonchev–Trinajstić information content (AvgIpc) is 3.34. The van der Waals surface area contributed by atoms with Gasteiger partial charge in [0.2, 0.25) is 0 Å². The predicted octanol–water partition coefficient (Wildman–Crippen LogP) is 3.45. The third kappa shape index (κ3) is 4.83. The van der Waals surface area contributed by atoms with Gasteiger partial charge in [-0.2, -0.15) is 0 Å². The molecule has 1 amide bonds. The van der Waals surface area contributed by atoms with Crippen molar-refractivity contribution in [3.8, 4) is 5.75 Å². The van der Waals surface area contributed by atoms with Gasteiger partial charge in [-0.3, -0.25) is 14.9 Å². The number of ether oxygens (including phenoxy) is 1. The smallest absolute Gasteiger partial charge is 0.433 e. The number of piperazine rings is 1. The van der Waals surface area contributed by atoms with E-state index >= 15 is 0 Å². The van der Waals surface area contributed by atoms with E-state index in [4.69, 9.17) is 9.15 Å². The molecule has 9 nitrogen and oxygen atoms in total. The summed E-state index contributed by atoms with van der Waals surface area (Å²) in [6.45, 7) is 4.00. The molecule has 0 radical (unpaired) electrons. The number of nitrogens with zero attached hydrogens (tertiary/aromatic N) is 3. The van der Waals surface area contributed by atoms with Gasteiger partial charge in [0.1, 0.15) is 10.7 Å². The van der Waals surface area contributed by atoms with Crippen molar-refractivity contribution in [2.24, 2.45) is 0 Å². The lowest BCUT2D eigenvalue weighted by Gasteiger charge is -2.37. The number of hydrogen-bond donors (Lipinski definition) is 1. The van der Waals surface area contributed by atoms with Crippen LogP contribution in [0.25, 0.3) is 0 Å². The number of nitrogens with one attached hydrogen (secondary N) is 1. The summed E-state index contributed by atoms with van der Waals surface area (Å²) >= 11 is 0. The minimum absolute atomic E-state index is 0.0805. The zero-order valence-electron chi connectivity index (χ0n) is 17.7. The molecule has 1 fully saturated rings. The summed E-state index contributed by atoms with van der Waals surface area (Å²) in [7, 11) is 1.67. The molecule has 166 valence electrons. The fourth-order valence-electron chi connectivity index (χ4n) is 3.66. The Kier molecular flexibility index (Phi) is 6.25. The van der Waals surface area contributed by atoms with Crippen molar-refractivity contribution >= 4 is 23.2 Å². The maximum Gasteiger partial charge on any atom is 0.433 e. The molecule has 4 rings (SSSR count). The Morgan fingerprint density at radius 1 is 0.969 bits per heavy atom. The van der Waals surface area contributed by atoms with Gasteiger partial charge in [0, 0.05) is 44.1 Å². The van der Waals surface area contributed by atoms with Crippen LogP contribution in [0.15, 0.2) is 65.1 Å². The average molecular weight is 436 g/mol. The number of anilines is 2. The SMILES string of the molecule is COc1ccc(N2CCN(c3ccc(CNC(=O)c4ccc([N+](=O)[O-])o4)cc3)CC2)cc1. The van der Waals surface area contributed by atoms with Crippen molar-refractivity contribution in [1.29, 1.82) is 0 Å². The van der Waals surface area contributed by atoms with E-state index in [1.165, 1.54) is 11.8 Å². The van der Waals surface area contributed by atoms with Crippen LogP contribution in [0, 0.1) is 10.1 Å². The van der Waals surface area contributed by atoms with E-state index in [2.05, 4.69) is 27.2 Å². The maximum absolute atomic E-state index is 12.1. The first-order chi connectivity index (χ1) is 15.5. The van der Waals surface area contributed by atoms with E-state index in [1.54, 1.807) is 7.11 Å². The first-order valence-electron chi connectivity index (χ1n) is 10.3. The van der Waals surface area contributed by atoms with E-state index in [-0.39, 0.29) is 5.76 Å². The van der Waals surface area contributed by atoms with Crippen LogP contribution in [-0.2, 0) is 6.54 Å². The van der Waals surface area contributed by atoms with Crippen LogP contribution in [0.5, 0.6) is 5.75 Å². The number of amides is 1. The quantitative estimate of drug-likeness (QED) is 0.447. The number of furan rings is 1. The Labute approximate surface area is 185 Å². The Bertz CT molecular complexity index is 1070. The van der Waals surface area contributed by atoms with Gasteiger partial charge in [-0.1, -0.05) is 12.1 Å². The minimum Gasteiger partial charge on any atom is -0.497 e. The molecule has 2 aromatic carbocycles. The number of benzene rings is 2. The van der Waals surface area contributed by atoms with E-state index in [1.807, 2.05) is 36.4 Å². The summed E-state index contributed by atoms with van der Waals surface area (Å²) in [5.41, 5.74) is 3.26. The number of methoxy groups -OCH3 is 1. The predicted molar refractivity (Wildman–Crippen MR) is 120 cm³/mol. The summed E-state index contributed by atoms with van der Waals surface area (Å²) < 4.78 is 10.1. The lowest BCUT2D eigenvalue weighted by Crippen LogP contribution is -2.46. The number of nitro groups is 1. The molecule has 0 saturated carbocycles. The minimum atomic E-state index is -0.674. The second-order valence-electron chi connectivity index (χ2n) is 7.42. The molecule has 1 aliphatic rings. The molecule has 0 atom stereocenters. The highest BCUT2D eigenvalue weighted by Gasteiger charge is 2.19. The van der Waals surface area contributed by atoms with Gasteiger partial charge in [-0.25, -0.2) is 0 Å². The Morgan fingerprint density at radius 3 is 2.03 bits per heavy atom. The van der Waals surface area contributed by atoms with Gasteiger partial charge < -0.3 is 24.3 Å². The van der Waals surface area contributed by atoms with Crippen LogP contribution < -0.4 is 19.9 Å². The van der Waals surface area contributed by atoms with Gasteiger partial charge >= 0.3 is 5.88 Å². The molecule has 0 aliphatic carbocycles. The molecule has 3 aromatic rings. The summed E-state index contributed by atoms with van der Waals surface area (Å²) in [5, 5.41) is 13.4. The highest BCUT2D eigenvalue weighted by atomic mass is 16.6. The highest BCUT2D eigenvalue weighted by molar-refractivity contribution is 5.91. The van der Waals surface area contributed by atoms with E-state index in [0.29, 0.717) is 6.54 Å². The van der Waals surface area contributed by atoms with Crippen LogP contribution in [0.1, 0.15) is 16.1 Å². The van der Waals surface area contributed by atoms with Gasteiger partial charge in [-0.05, 0) is 48.0 Å². The first-order valence-corrected chi connectivity index (χ1v) is 10.3. The third-order valence-corrected chi connectivity index (χ3v) is 5.47. The molecule has 0 unspecified atom stereocenters. The fraction of sp³-hybridized carbons (Fsp3) is 0.261. The molecule has 0 bridgehead atoms. The fourth-order valence-corrected chi connectivity index (χ4v) is 3.66. The van der Waals surface area contributed by atoms with Crippen LogP contribution >= 0.6 is 0 Å². The van der Waals surface area contributed by atoms with E-state index in [0.717, 1.165) is 49.2 Å². The number of hydrogen-bond acceptors (Lipinski definition) is 7. The molecule has 2 heterocycles. The van der Waals surface area contributed by atoms with Crippen molar-refractivity contribution < 1.29 is 18.9 Å². The summed E-state index contributed by atoms with van der Waals surface area (Å²) in [4.78, 5) is 26.8. The summed E-state index contributed by atoms with van der Waals surface area (Å²) in [6.07, 6.45) is 0. The second kappa shape index (κ2) is 9.42. The van der Waals surface area contributed by atoms with Crippen LogP contribution in [0.3, 0.4) is 0 Å². The number of rotatable bonds is 7. The maximum atomic E-state index is 12.1. The number of carbonyl (C=O) groups is 1. The Morgan fingerprint density at radius 2 is 1.53 bits per heavy atom. The molecule has 9 heteroatoms. The van der Waals surface area contributed by atoms with Crippen LogP contribution in [0.2, 0.25) is 0 Å². The van der Waals surface area contributed by atoms with Crippen molar-refractivity contribution in [3.05, 3.63) is 82.1 Å². The summed E-state index contributed by atoms with van der Waals surface area (Å²) in [5.74, 6) is -0.166. The standard InChI is InChI=1S/C23H24N4O5/c1-31-20-8-6-19(7-9-20)26-14-12-25(13-15-26)18-4-2-17(3-5-18)16-24-23(28)21-10-11-22(32-21)27(29)30/h2-11H,12-16H2,1H3,(H,24,28). The van der Waals surface area contributed by atoms with Crippen LogP contribution in [-0.4, -0.2) is 44.1 Å². The largest absolute Gasteiger partial charge is 0.497 e. The Hall–Kier alpha value is -4.01. The monoisotopic (exact) mass is 436 g/mol. The van der Waals surface area contributed by atoms with Crippen molar-refractivity contribution in [1.82, 2.24) is 5.32 Å². The lowest BCUT2D eigenvalue weighted by atomic mass is 10.1. The second-order valence-corrected chi connectivity index (χ2v) is 7.42. The van der Waals surface area contributed by atoms with Gasteiger partial charge in [-0.15, -0.1) is 0 Å². The molecule has 32 heavy (non-hydrogen) atoms.